The van der Waals surface area contributed by atoms with Gasteiger partial charge >= 0.3 is 0 Å². The minimum Gasteiger partial charge on any atom is -0.498 e. The van der Waals surface area contributed by atoms with Gasteiger partial charge in [0.1, 0.15) is 0 Å². The van der Waals surface area contributed by atoms with Gasteiger partial charge in [-0.3, -0.25) is 0 Å². The first-order valence-electron chi connectivity index (χ1n) is 2.21. The SMILES string of the molecule is C/C=C1/CCO1. The van der Waals surface area contributed by atoms with Crippen molar-refractivity contribution in [2.45, 2.75) is 13.3 Å². The zero-order valence-electron chi connectivity index (χ0n) is 3.90. The molecule has 0 N–H and O–H groups in total. The molecule has 1 heterocycles. The fraction of sp³-hybridized carbons (Fsp3) is 0.600. The Morgan fingerprint density at radius 2 is 2.50 bits per heavy atom. The number of ether oxygens (including phenoxy) is 1. The smallest absolute Gasteiger partial charge is 0.0951 e. The normalized spacial score (nSPS) is 25.8. The molecule has 1 aliphatic heterocycles. The standard InChI is InChI=1S/C5H8O/c1-2-5-3-4-6-5/h2H,3-4H2,1H3/b5-2-. The van der Waals surface area contributed by atoms with Crippen molar-refractivity contribution in [1.82, 2.24) is 0 Å². The lowest BCUT2D eigenvalue weighted by Crippen LogP contribution is -2.07. The van der Waals surface area contributed by atoms with Crippen LogP contribution in [0.5, 0.6) is 0 Å². The van der Waals surface area contributed by atoms with E-state index < -0.39 is 0 Å². The molecule has 0 aliphatic carbocycles. The molecule has 1 heteroatoms. The third-order valence-electron chi connectivity index (χ3n) is 0.958. The molecule has 0 saturated carbocycles. The molecular formula is C5H8O. The summed E-state index contributed by atoms with van der Waals surface area (Å²) in [7, 11) is 0. The molecule has 1 saturated heterocycles. The van der Waals surface area contributed by atoms with Gasteiger partial charge in [-0.1, -0.05) is 0 Å². The van der Waals surface area contributed by atoms with Crippen LogP contribution >= 0.6 is 0 Å². The minimum absolute atomic E-state index is 0.930. The third kappa shape index (κ3) is 0.402. The Labute approximate surface area is 37.6 Å². The van der Waals surface area contributed by atoms with Crippen LogP contribution in [0.2, 0.25) is 0 Å². The van der Waals surface area contributed by atoms with Gasteiger partial charge < -0.3 is 4.74 Å². The fourth-order valence-corrected chi connectivity index (χ4v) is 0.448. The van der Waals surface area contributed by atoms with Crippen molar-refractivity contribution in [1.29, 1.82) is 0 Å². The highest BCUT2D eigenvalue weighted by Gasteiger charge is 2.05. The Hall–Kier alpha value is -0.460. The molecule has 34 valence electrons. The van der Waals surface area contributed by atoms with Crippen LogP contribution < -0.4 is 0 Å². The number of rotatable bonds is 0. The summed E-state index contributed by atoms with van der Waals surface area (Å²) in [4.78, 5) is 0. The second-order valence-electron chi connectivity index (χ2n) is 1.35. The molecule has 6 heavy (non-hydrogen) atoms. The molecule has 0 amide bonds. The zero-order chi connectivity index (χ0) is 4.41. The summed E-state index contributed by atoms with van der Waals surface area (Å²) in [6.45, 7) is 2.92. The lowest BCUT2D eigenvalue weighted by atomic mass is 10.3. The van der Waals surface area contributed by atoms with E-state index in [1.807, 2.05) is 13.0 Å². The van der Waals surface area contributed by atoms with Gasteiger partial charge in [0.15, 0.2) is 0 Å². The van der Waals surface area contributed by atoms with Crippen LogP contribution in [0.15, 0.2) is 11.8 Å². The van der Waals surface area contributed by atoms with Crippen LogP contribution in [0.25, 0.3) is 0 Å². The molecule has 0 bridgehead atoms. The lowest BCUT2D eigenvalue weighted by molar-refractivity contribution is 0.117. The molecular weight excluding hydrogens is 76.1 g/mol. The van der Waals surface area contributed by atoms with Gasteiger partial charge in [-0.25, -0.2) is 0 Å². The van der Waals surface area contributed by atoms with Crippen LogP contribution in [-0.2, 0) is 4.74 Å². The maximum atomic E-state index is 4.94. The van der Waals surface area contributed by atoms with Gasteiger partial charge in [0.05, 0.1) is 12.4 Å². The van der Waals surface area contributed by atoms with E-state index in [0.29, 0.717) is 0 Å². The highest BCUT2D eigenvalue weighted by Crippen LogP contribution is 2.13. The van der Waals surface area contributed by atoms with Gasteiger partial charge in [0, 0.05) is 6.42 Å². The van der Waals surface area contributed by atoms with Crippen LogP contribution in [0.4, 0.5) is 0 Å². The van der Waals surface area contributed by atoms with Gasteiger partial charge in [0.25, 0.3) is 0 Å². The molecule has 0 aromatic carbocycles. The second kappa shape index (κ2) is 1.33. The third-order valence-corrected chi connectivity index (χ3v) is 0.958. The Bertz CT molecular complexity index is 68.0. The van der Waals surface area contributed by atoms with E-state index in [0.717, 1.165) is 18.8 Å². The Kier molecular flexibility index (Phi) is 0.825. The summed E-state index contributed by atoms with van der Waals surface area (Å²) in [5.74, 6) is 1.15. The molecule has 0 aromatic rings. The number of hydrogen-bond donors (Lipinski definition) is 0. The molecule has 0 aromatic heterocycles. The van der Waals surface area contributed by atoms with Crippen molar-refractivity contribution in [3.63, 3.8) is 0 Å². The average molecular weight is 84.1 g/mol. The maximum Gasteiger partial charge on any atom is 0.0951 e. The van der Waals surface area contributed by atoms with Crippen molar-refractivity contribution in [3.05, 3.63) is 11.8 Å². The maximum absolute atomic E-state index is 4.94. The van der Waals surface area contributed by atoms with Crippen molar-refractivity contribution in [2.24, 2.45) is 0 Å². The number of hydrogen-bond acceptors (Lipinski definition) is 1. The molecule has 1 fully saturated rings. The van der Waals surface area contributed by atoms with Gasteiger partial charge in [-0.15, -0.1) is 0 Å². The predicted molar refractivity (Wildman–Crippen MR) is 24.3 cm³/mol. The second-order valence-corrected chi connectivity index (χ2v) is 1.35. The molecule has 0 unspecified atom stereocenters. The summed E-state index contributed by atoms with van der Waals surface area (Å²) in [5, 5.41) is 0. The largest absolute Gasteiger partial charge is 0.498 e. The molecule has 0 radical (unpaired) electrons. The molecule has 1 rings (SSSR count). The van der Waals surface area contributed by atoms with E-state index in [4.69, 9.17) is 4.74 Å². The summed E-state index contributed by atoms with van der Waals surface area (Å²) in [5.41, 5.74) is 0. The van der Waals surface area contributed by atoms with Crippen LogP contribution in [0.3, 0.4) is 0 Å². The van der Waals surface area contributed by atoms with E-state index >= 15 is 0 Å². The monoisotopic (exact) mass is 84.1 g/mol. The van der Waals surface area contributed by atoms with Crippen LogP contribution in [0, 0.1) is 0 Å². The topological polar surface area (TPSA) is 9.23 Å². The van der Waals surface area contributed by atoms with Crippen molar-refractivity contribution in [3.8, 4) is 0 Å². The van der Waals surface area contributed by atoms with Crippen LogP contribution in [0.1, 0.15) is 13.3 Å². The summed E-state index contributed by atoms with van der Waals surface area (Å²) < 4.78 is 4.94. The summed E-state index contributed by atoms with van der Waals surface area (Å²) in [6, 6.07) is 0. The molecule has 0 atom stereocenters. The lowest BCUT2D eigenvalue weighted by Gasteiger charge is -2.17. The van der Waals surface area contributed by atoms with Crippen molar-refractivity contribution in [2.75, 3.05) is 6.61 Å². The van der Waals surface area contributed by atoms with Gasteiger partial charge in [-0.05, 0) is 13.0 Å². The first kappa shape index (κ1) is 3.72. The highest BCUT2D eigenvalue weighted by molar-refractivity contribution is 4.96. The first-order valence-corrected chi connectivity index (χ1v) is 2.21. The molecule has 1 aliphatic rings. The Morgan fingerprint density at radius 3 is 2.50 bits per heavy atom. The summed E-state index contributed by atoms with van der Waals surface area (Å²) in [6.07, 6.45) is 3.15. The number of allylic oxidation sites excluding steroid dienone is 1. The molecule has 1 nitrogen and oxygen atoms in total. The van der Waals surface area contributed by atoms with Gasteiger partial charge in [-0.2, -0.15) is 0 Å². The fourth-order valence-electron chi connectivity index (χ4n) is 0.448. The van der Waals surface area contributed by atoms with E-state index in [-0.39, 0.29) is 0 Å². The molecule has 0 spiro atoms. The van der Waals surface area contributed by atoms with E-state index in [9.17, 15) is 0 Å². The Morgan fingerprint density at radius 1 is 1.83 bits per heavy atom. The zero-order valence-corrected chi connectivity index (χ0v) is 3.90. The van der Waals surface area contributed by atoms with E-state index in [2.05, 4.69) is 0 Å². The predicted octanol–water partition coefficient (Wildman–Crippen LogP) is 1.31. The van der Waals surface area contributed by atoms with Crippen molar-refractivity contribution >= 4 is 0 Å². The first-order chi connectivity index (χ1) is 2.93. The van der Waals surface area contributed by atoms with Crippen LogP contribution in [-0.4, -0.2) is 6.61 Å². The van der Waals surface area contributed by atoms with Crippen molar-refractivity contribution < 1.29 is 4.74 Å². The van der Waals surface area contributed by atoms with E-state index in [1.165, 1.54) is 0 Å². The minimum atomic E-state index is 0.930. The highest BCUT2D eigenvalue weighted by atomic mass is 16.5. The Balaban J connectivity index is 2.34. The summed E-state index contributed by atoms with van der Waals surface area (Å²) >= 11 is 0. The van der Waals surface area contributed by atoms with E-state index in [1.54, 1.807) is 0 Å². The average Bonchev–Trinajstić information content (AvgIpc) is 1.31. The van der Waals surface area contributed by atoms with Gasteiger partial charge in [0.2, 0.25) is 0 Å². The quantitative estimate of drug-likeness (QED) is 0.430.